The van der Waals surface area contributed by atoms with Crippen molar-refractivity contribution in [1.82, 2.24) is 9.29 Å². The Hall–Kier alpha value is -2.89. The zero-order valence-corrected chi connectivity index (χ0v) is 19.2. The molecule has 0 amide bonds. The van der Waals surface area contributed by atoms with Gasteiger partial charge in [-0.1, -0.05) is 0 Å². The van der Waals surface area contributed by atoms with Crippen molar-refractivity contribution < 1.29 is 31.9 Å². The molecular formula is C22H21FN2O6S2. The molecule has 3 aromatic rings. The summed E-state index contributed by atoms with van der Waals surface area (Å²) in [6.07, 6.45) is -1.65. The molecule has 1 fully saturated rings. The van der Waals surface area contributed by atoms with Gasteiger partial charge in [0.2, 0.25) is 15.9 Å². The molecule has 1 atom stereocenters. The maximum atomic E-state index is 13.1. The van der Waals surface area contributed by atoms with Gasteiger partial charge in [0.25, 0.3) is 0 Å². The highest BCUT2D eigenvalue weighted by Crippen LogP contribution is 2.30. The summed E-state index contributed by atoms with van der Waals surface area (Å²) >= 11 is 1.47. The molecule has 174 valence electrons. The summed E-state index contributed by atoms with van der Waals surface area (Å²) in [5.74, 6) is 1.23. The smallest absolute Gasteiger partial charge is 0.450 e. The maximum Gasteiger partial charge on any atom is 0.507 e. The van der Waals surface area contributed by atoms with Gasteiger partial charge >= 0.3 is 6.16 Å². The van der Waals surface area contributed by atoms with Crippen LogP contribution in [0.3, 0.4) is 0 Å². The van der Waals surface area contributed by atoms with Gasteiger partial charge in [-0.25, -0.2) is 22.6 Å². The van der Waals surface area contributed by atoms with E-state index in [1.54, 1.807) is 31.2 Å². The second kappa shape index (κ2) is 9.54. The average Bonchev–Trinajstić information content (AvgIpc) is 3.39. The molecular weight excluding hydrogens is 471 g/mol. The molecule has 0 unspecified atom stereocenters. The highest BCUT2D eigenvalue weighted by Gasteiger charge is 2.37. The van der Waals surface area contributed by atoms with Gasteiger partial charge < -0.3 is 14.3 Å². The highest BCUT2D eigenvalue weighted by molar-refractivity contribution is 7.98. The molecule has 1 aliphatic rings. The van der Waals surface area contributed by atoms with Gasteiger partial charge in [0.15, 0.2) is 6.23 Å². The van der Waals surface area contributed by atoms with Gasteiger partial charge in [-0.15, -0.1) is 11.8 Å². The lowest BCUT2D eigenvalue weighted by atomic mass is 10.2. The van der Waals surface area contributed by atoms with E-state index in [0.29, 0.717) is 35.8 Å². The minimum absolute atomic E-state index is 0.0731. The lowest BCUT2D eigenvalue weighted by Crippen LogP contribution is -2.38. The fourth-order valence-corrected chi connectivity index (χ4v) is 5.97. The van der Waals surface area contributed by atoms with Crippen molar-refractivity contribution in [3.63, 3.8) is 0 Å². The number of benzene rings is 2. The van der Waals surface area contributed by atoms with Gasteiger partial charge in [0.05, 0.1) is 10.6 Å². The average molecular weight is 493 g/mol. The molecule has 8 nitrogen and oxygen atoms in total. The third-order valence-electron chi connectivity index (χ3n) is 5.18. The van der Waals surface area contributed by atoms with E-state index in [4.69, 9.17) is 14.3 Å². The topological polar surface area (TPSA) is 110 Å². The molecule has 33 heavy (non-hydrogen) atoms. The van der Waals surface area contributed by atoms with Crippen LogP contribution in [0.5, 0.6) is 0 Å². The van der Waals surface area contributed by atoms with Gasteiger partial charge in [0.1, 0.15) is 11.6 Å². The van der Waals surface area contributed by atoms with Crippen LogP contribution in [0.25, 0.3) is 11.5 Å². The number of aromatic nitrogens is 1. The Labute approximate surface area is 194 Å². The molecule has 0 bridgehead atoms. The number of aryl methyl sites for hydroxylation is 1. The summed E-state index contributed by atoms with van der Waals surface area (Å²) in [5.41, 5.74) is 1.42. The Bertz CT molecular complexity index is 1240. The third-order valence-corrected chi connectivity index (χ3v) is 8.10. The van der Waals surface area contributed by atoms with Crippen molar-refractivity contribution in [3.8, 4) is 11.5 Å². The number of nitrogens with zero attached hydrogens (tertiary/aromatic N) is 2. The van der Waals surface area contributed by atoms with E-state index < -0.39 is 22.4 Å². The van der Waals surface area contributed by atoms with Crippen molar-refractivity contribution in [2.24, 2.45) is 0 Å². The number of ether oxygens (including phenoxy) is 1. The van der Waals surface area contributed by atoms with Crippen LogP contribution in [0.2, 0.25) is 0 Å². The van der Waals surface area contributed by atoms with E-state index in [1.165, 1.54) is 36.0 Å². The number of halogens is 1. The highest BCUT2D eigenvalue weighted by atomic mass is 32.2. The summed E-state index contributed by atoms with van der Waals surface area (Å²) in [4.78, 5) is 16.2. The lowest BCUT2D eigenvalue weighted by molar-refractivity contribution is 0.0170. The first-order valence-electron chi connectivity index (χ1n) is 10.1. The molecule has 0 saturated carbocycles. The van der Waals surface area contributed by atoms with E-state index in [0.717, 1.165) is 14.9 Å². The number of thioether (sulfide) groups is 1. The standard InChI is InChI=1S/C22H21FN2O6S2/c1-14-19(24-21(30-14)15-4-6-16(23)7-5-15)13-32-17-8-10-18(11-9-17)33(28,29)25-12-2-3-20(25)31-22(26)27/h4-11,20H,2-3,12-13H2,1H3,(H,26,27)/t20-/m1/s1. The number of sulfonamides is 1. The Morgan fingerprint density at radius 1 is 1.24 bits per heavy atom. The van der Waals surface area contributed by atoms with Gasteiger partial charge in [0, 0.05) is 29.2 Å². The Balaban J connectivity index is 1.43. The molecule has 0 spiro atoms. The lowest BCUT2D eigenvalue weighted by Gasteiger charge is -2.22. The quantitative estimate of drug-likeness (QED) is 0.367. The zero-order chi connectivity index (χ0) is 23.6. The predicted molar refractivity (Wildman–Crippen MR) is 119 cm³/mol. The number of hydrogen-bond acceptors (Lipinski definition) is 7. The first-order chi connectivity index (χ1) is 15.7. The molecule has 0 aliphatic carbocycles. The summed E-state index contributed by atoms with van der Waals surface area (Å²) in [5, 5.41) is 8.84. The molecule has 1 aromatic heterocycles. The molecule has 4 rings (SSSR count). The van der Waals surface area contributed by atoms with Crippen LogP contribution in [0.4, 0.5) is 9.18 Å². The minimum atomic E-state index is -3.87. The molecule has 1 N–H and O–H groups in total. The number of oxazole rings is 1. The Morgan fingerprint density at radius 2 is 1.94 bits per heavy atom. The van der Waals surface area contributed by atoms with E-state index in [1.807, 2.05) is 0 Å². The van der Waals surface area contributed by atoms with Crippen molar-refractivity contribution in [3.05, 3.63) is 65.8 Å². The number of hydrogen-bond donors (Lipinski definition) is 1. The fourth-order valence-electron chi connectivity index (χ4n) is 3.49. The second-order valence-electron chi connectivity index (χ2n) is 7.39. The second-order valence-corrected chi connectivity index (χ2v) is 10.3. The summed E-state index contributed by atoms with van der Waals surface area (Å²) < 4.78 is 50.5. The van der Waals surface area contributed by atoms with Crippen LogP contribution in [-0.2, 0) is 20.5 Å². The van der Waals surface area contributed by atoms with Crippen molar-refractivity contribution >= 4 is 27.9 Å². The Morgan fingerprint density at radius 3 is 2.61 bits per heavy atom. The molecule has 1 aliphatic heterocycles. The van der Waals surface area contributed by atoms with E-state index in [9.17, 15) is 17.6 Å². The van der Waals surface area contributed by atoms with Crippen molar-refractivity contribution in [2.45, 2.75) is 41.5 Å². The first-order valence-corrected chi connectivity index (χ1v) is 12.5. The van der Waals surface area contributed by atoms with Crippen LogP contribution in [0.15, 0.2) is 62.7 Å². The van der Waals surface area contributed by atoms with Gasteiger partial charge in [-0.05, 0) is 61.9 Å². The molecule has 1 saturated heterocycles. The first kappa shape index (κ1) is 23.3. The molecule has 0 radical (unpaired) electrons. The monoisotopic (exact) mass is 492 g/mol. The normalized spacial score (nSPS) is 16.7. The number of rotatable bonds is 7. The largest absolute Gasteiger partial charge is 0.507 e. The van der Waals surface area contributed by atoms with Crippen LogP contribution in [-0.4, -0.2) is 41.7 Å². The van der Waals surface area contributed by atoms with E-state index in [2.05, 4.69) is 4.98 Å². The summed E-state index contributed by atoms with van der Waals surface area (Å²) in [7, 11) is -3.87. The molecule has 2 heterocycles. The third kappa shape index (κ3) is 5.21. The fraction of sp³-hybridized carbons (Fsp3) is 0.273. The van der Waals surface area contributed by atoms with E-state index >= 15 is 0 Å². The number of carbonyl (C=O) groups is 1. The van der Waals surface area contributed by atoms with Gasteiger partial charge in [-0.2, -0.15) is 4.31 Å². The van der Waals surface area contributed by atoms with Gasteiger partial charge in [-0.3, -0.25) is 0 Å². The van der Waals surface area contributed by atoms with Crippen LogP contribution in [0.1, 0.15) is 24.3 Å². The predicted octanol–water partition coefficient (Wildman–Crippen LogP) is 4.89. The van der Waals surface area contributed by atoms with Crippen LogP contribution in [0, 0.1) is 12.7 Å². The molecule has 11 heteroatoms. The summed E-state index contributed by atoms with van der Waals surface area (Å²) in [6.45, 7) is 2.01. The van der Waals surface area contributed by atoms with Crippen LogP contribution >= 0.6 is 11.8 Å². The Kier molecular flexibility index (Phi) is 6.73. The van der Waals surface area contributed by atoms with Crippen LogP contribution < -0.4 is 0 Å². The molecule has 2 aromatic carbocycles. The SMILES string of the molecule is Cc1oc(-c2ccc(F)cc2)nc1CSc1ccc(S(=O)(=O)N2CCC[C@H]2OC(=O)O)cc1. The van der Waals surface area contributed by atoms with Crippen molar-refractivity contribution in [1.29, 1.82) is 0 Å². The minimum Gasteiger partial charge on any atom is -0.450 e. The van der Waals surface area contributed by atoms with E-state index in [-0.39, 0.29) is 17.3 Å². The summed E-state index contributed by atoms with van der Waals surface area (Å²) in [6, 6.07) is 12.3. The zero-order valence-electron chi connectivity index (χ0n) is 17.6. The van der Waals surface area contributed by atoms with Crippen molar-refractivity contribution in [2.75, 3.05) is 6.54 Å². The number of carboxylic acid groups (broad SMARTS) is 1. The maximum absolute atomic E-state index is 13.1.